The molecule has 3 heteroatoms. The summed E-state index contributed by atoms with van der Waals surface area (Å²) >= 11 is 0. The van der Waals surface area contributed by atoms with Gasteiger partial charge in [0.1, 0.15) is 0 Å². The zero-order chi connectivity index (χ0) is 10.9. The third kappa shape index (κ3) is 2.71. The Morgan fingerprint density at radius 1 is 1.57 bits per heavy atom. The molecule has 0 aromatic rings. The average molecular weight is 198 g/mol. The van der Waals surface area contributed by atoms with E-state index in [1.54, 1.807) is 0 Å². The van der Waals surface area contributed by atoms with Gasteiger partial charge in [-0.3, -0.25) is 4.79 Å². The van der Waals surface area contributed by atoms with Gasteiger partial charge in [0, 0.05) is 19.6 Å². The van der Waals surface area contributed by atoms with Gasteiger partial charge >= 0.3 is 0 Å². The summed E-state index contributed by atoms with van der Waals surface area (Å²) in [5.74, 6) is 1.65. The lowest BCUT2D eigenvalue weighted by molar-refractivity contribution is -0.134. The molecule has 1 fully saturated rings. The zero-order valence-electron chi connectivity index (χ0n) is 9.66. The molecule has 1 aliphatic rings. The van der Waals surface area contributed by atoms with E-state index >= 15 is 0 Å². The number of hydrogen-bond acceptors (Lipinski definition) is 2. The molecule has 1 amide bonds. The molecule has 82 valence electrons. The Morgan fingerprint density at radius 2 is 2.07 bits per heavy atom. The summed E-state index contributed by atoms with van der Waals surface area (Å²) in [4.78, 5) is 13.6. The first-order valence-corrected chi connectivity index (χ1v) is 5.44. The normalized spacial score (nSPS) is 29.5. The van der Waals surface area contributed by atoms with Crippen molar-refractivity contribution in [2.75, 3.05) is 13.6 Å². The van der Waals surface area contributed by atoms with Gasteiger partial charge in [-0.25, -0.2) is 0 Å². The molecule has 0 spiro atoms. The number of nitrogens with two attached hydrogens (primary N) is 1. The summed E-state index contributed by atoms with van der Waals surface area (Å²) in [5, 5.41) is 0. The Hall–Kier alpha value is -0.570. The Morgan fingerprint density at radius 3 is 2.43 bits per heavy atom. The fourth-order valence-electron chi connectivity index (χ4n) is 1.67. The number of hydrogen-bond donors (Lipinski definition) is 1. The zero-order valence-corrected chi connectivity index (χ0v) is 9.66. The lowest BCUT2D eigenvalue weighted by Gasteiger charge is -2.23. The first-order valence-electron chi connectivity index (χ1n) is 5.44. The molecular weight excluding hydrogens is 176 g/mol. The van der Waals surface area contributed by atoms with Crippen LogP contribution in [0.4, 0.5) is 0 Å². The van der Waals surface area contributed by atoms with Crippen molar-refractivity contribution in [1.29, 1.82) is 0 Å². The van der Waals surface area contributed by atoms with Gasteiger partial charge in [-0.05, 0) is 25.2 Å². The molecule has 0 aliphatic heterocycles. The lowest BCUT2D eigenvalue weighted by atomic mass is 10.0. The fraction of sp³-hybridized carbons (Fsp3) is 0.909. The minimum Gasteiger partial charge on any atom is -0.345 e. The van der Waals surface area contributed by atoms with Crippen LogP contribution in [0.3, 0.4) is 0 Å². The molecule has 4 unspecified atom stereocenters. The quantitative estimate of drug-likeness (QED) is 0.735. The molecule has 14 heavy (non-hydrogen) atoms. The number of nitrogens with zero attached hydrogens (tertiary/aromatic N) is 1. The van der Waals surface area contributed by atoms with E-state index in [-0.39, 0.29) is 17.9 Å². The summed E-state index contributed by atoms with van der Waals surface area (Å²) in [6, 6.07) is -0.0541. The van der Waals surface area contributed by atoms with Crippen molar-refractivity contribution in [2.45, 2.75) is 33.2 Å². The molecule has 1 saturated carbocycles. The summed E-state index contributed by atoms with van der Waals surface area (Å²) in [6.07, 6.45) is 1.27. The molecule has 0 aromatic carbocycles. The maximum atomic E-state index is 11.8. The van der Waals surface area contributed by atoms with Crippen molar-refractivity contribution in [3.8, 4) is 0 Å². The second kappa shape index (κ2) is 4.30. The Labute approximate surface area is 86.6 Å². The maximum absolute atomic E-state index is 11.8. The average Bonchev–Trinajstić information content (AvgIpc) is 2.78. The third-order valence-electron chi connectivity index (χ3n) is 3.34. The summed E-state index contributed by atoms with van der Waals surface area (Å²) < 4.78 is 0. The summed E-state index contributed by atoms with van der Waals surface area (Å²) in [7, 11) is 1.88. The van der Waals surface area contributed by atoms with E-state index in [9.17, 15) is 4.79 Å². The van der Waals surface area contributed by atoms with Crippen LogP contribution >= 0.6 is 0 Å². The van der Waals surface area contributed by atoms with Gasteiger partial charge in [-0.2, -0.15) is 0 Å². The van der Waals surface area contributed by atoms with Gasteiger partial charge < -0.3 is 10.6 Å². The van der Waals surface area contributed by atoms with Crippen LogP contribution in [0.15, 0.2) is 0 Å². The van der Waals surface area contributed by atoms with Crippen LogP contribution in [0.25, 0.3) is 0 Å². The maximum Gasteiger partial charge on any atom is 0.226 e. The van der Waals surface area contributed by atoms with E-state index in [2.05, 4.69) is 6.92 Å². The van der Waals surface area contributed by atoms with Crippen molar-refractivity contribution in [2.24, 2.45) is 23.5 Å². The van der Waals surface area contributed by atoms with Crippen molar-refractivity contribution >= 4 is 5.91 Å². The van der Waals surface area contributed by atoms with Gasteiger partial charge in [0.05, 0.1) is 5.92 Å². The Balaban J connectivity index is 2.36. The summed E-state index contributed by atoms with van der Waals surface area (Å²) in [5.41, 5.74) is 5.70. The molecule has 4 atom stereocenters. The minimum atomic E-state index is -0.0611. The highest BCUT2D eigenvalue weighted by atomic mass is 16.2. The van der Waals surface area contributed by atoms with E-state index in [1.807, 2.05) is 25.8 Å². The molecule has 1 aliphatic carbocycles. The Bertz CT molecular complexity index is 215. The number of amides is 1. The van der Waals surface area contributed by atoms with Crippen LogP contribution in [0.2, 0.25) is 0 Å². The van der Waals surface area contributed by atoms with Crippen LogP contribution < -0.4 is 5.73 Å². The Kier molecular flexibility index (Phi) is 3.53. The van der Waals surface area contributed by atoms with E-state index in [0.717, 1.165) is 18.4 Å². The molecule has 1 rings (SSSR count). The predicted octanol–water partition coefficient (Wildman–Crippen LogP) is 1.08. The minimum absolute atomic E-state index is 0.0541. The van der Waals surface area contributed by atoms with Crippen LogP contribution in [-0.2, 0) is 4.79 Å². The van der Waals surface area contributed by atoms with Gasteiger partial charge in [0.25, 0.3) is 0 Å². The molecule has 2 N–H and O–H groups in total. The largest absolute Gasteiger partial charge is 0.345 e. The second-order valence-electron chi connectivity index (χ2n) is 4.84. The molecule has 3 nitrogen and oxygen atoms in total. The van der Waals surface area contributed by atoms with Crippen LogP contribution in [0.1, 0.15) is 27.2 Å². The standard InChI is InChI=1S/C11H22N2O/c1-7-5-10(7)6-13(4)11(14)8(2)9(3)12/h7-10H,5-6,12H2,1-4H3. The first-order chi connectivity index (χ1) is 6.43. The molecule has 0 bridgehead atoms. The van der Waals surface area contributed by atoms with Crippen molar-refractivity contribution < 1.29 is 4.79 Å². The lowest BCUT2D eigenvalue weighted by Crippen LogP contribution is -2.40. The monoisotopic (exact) mass is 198 g/mol. The molecular formula is C11H22N2O. The predicted molar refractivity (Wildman–Crippen MR) is 57.7 cm³/mol. The van der Waals surface area contributed by atoms with Crippen molar-refractivity contribution in [3.05, 3.63) is 0 Å². The van der Waals surface area contributed by atoms with Gasteiger partial charge in [0.15, 0.2) is 0 Å². The number of carbonyl (C=O) groups excluding carboxylic acids is 1. The van der Waals surface area contributed by atoms with Crippen molar-refractivity contribution in [1.82, 2.24) is 4.90 Å². The van der Waals surface area contributed by atoms with Gasteiger partial charge in [0.2, 0.25) is 5.91 Å². The fourth-order valence-corrected chi connectivity index (χ4v) is 1.67. The first kappa shape index (κ1) is 11.5. The van der Waals surface area contributed by atoms with E-state index in [1.165, 1.54) is 6.42 Å². The van der Waals surface area contributed by atoms with E-state index < -0.39 is 0 Å². The SMILES string of the molecule is CC(N)C(C)C(=O)N(C)CC1CC1C. The van der Waals surface area contributed by atoms with Crippen LogP contribution in [-0.4, -0.2) is 30.4 Å². The van der Waals surface area contributed by atoms with E-state index in [4.69, 9.17) is 5.73 Å². The molecule has 0 heterocycles. The van der Waals surface area contributed by atoms with E-state index in [0.29, 0.717) is 0 Å². The smallest absolute Gasteiger partial charge is 0.226 e. The van der Waals surface area contributed by atoms with Gasteiger partial charge in [-0.1, -0.05) is 13.8 Å². The summed E-state index contributed by atoms with van der Waals surface area (Å²) in [6.45, 7) is 6.92. The van der Waals surface area contributed by atoms with Crippen LogP contribution in [0.5, 0.6) is 0 Å². The third-order valence-corrected chi connectivity index (χ3v) is 3.34. The number of carbonyl (C=O) groups is 1. The highest BCUT2D eigenvalue weighted by Crippen LogP contribution is 2.38. The van der Waals surface area contributed by atoms with Crippen molar-refractivity contribution in [3.63, 3.8) is 0 Å². The highest BCUT2D eigenvalue weighted by molar-refractivity contribution is 5.78. The number of rotatable bonds is 4. The van der Waals surface area contributed by atoms with Gasteiger partial charge in [-0.15, -0.1) is 0 Å². The van der Waals surface area contributed by atoms with Crippen LogP contribution in [0, 0.1) is 17.8 Å². The highest BCUT2D eigenvalue weighted by Gasteiger charge is 2.35. The molecule has 0 saturated heterocycles. The second-order valence-corrected chi connectivity index (χ2v) is 4.84. The molecule has 0 aromatic heterocycles. The molecule has 0 radical (unpaired) electrons. The topological polar surface area (TPSA) is 46.3 Å².